The highest BCUT2D eigenvalue weighted by atomic mass is 16.5. The molecule has 0 unspecified atom stereocenters. The smallest absolute Gasteiger partial charge is 0.234 e. The minimum atomic E-state index is -0.351. The Hall–Kier alpha value is -3.00. The van der Waals surface area contributed by atoms with Crippen LogP contribution in [0.1, 0.15) is 28.4 Å². The minimum absolute atomic E-state index is 0.0361. The van der Waals surface area contributed by atoms with E-state index in [1.165, 1.54) is 0 Å². The number of nitrogens with zero attached hydrogens (tertiary/aromatic N) is 2. The Balaban J connectivity index is 1.44. The van der Waals surface area contributed by atoms with E-state index in [1.54, 1.807) is 7.11 Å². The summed E-state index contributed by atoms with van der Waals surface area (Å²) in [6.45, 7) is 4.60. The number of nitrogens with one attached hydrogen (secondary N) is 2. The molecule has 1 fully saturated rings. The van der Waals surface area contributed by atoms with E-state index in [0.29, 0.717) is 19.7 Å². The van der Waals surface area contributed by atoms with Crippen molar-refractivity contribution in [3.63, 3.8) is 0 Å². The standard InChI is InChI=1S/C26H32N4O3/c1-33-17-7-12-27-24(31)19-29-13-15-30(16-14-29)25(20-8-3-2-4-9-20)26(32)22-18-28-23-11-6-5-10-21(22)23/h2-6,8-11,18,25,28H,7,12-17,19H2,1H3,(H,27,31)/t25-/m0/s1. The fourth-order valence-corrected chi connectivity index (χ4v) is 4.47. The van der Waals surface area contributed by atoms with Gasteiger partial charge in [0, 0.05) is 69.1 Å². The van der Waals surface area contributed by atoms with Gasteiger partial charge in [0.1, 0.15) is 0 Å². The first-order valence-corrected chi connectivity index (χ1v) is 11.5. The van der Waals surface area contributed by atoms with Crippen molar-refractivity contribution in [2.45, 2.75) is 12.5 Å². The molecule has 1 aliphatic rings. The zero-order chi connectivity index (χ0) is 23.0. The molecule has 0 bridgehead atoms. The SMILES string of the molecule is COCCCNC(=O)CN1CCN([C@H](C(=O)c2c[nH]c3ccccc23)c2ccccc2)CC1. The molecule has 0 saturated carbocycles. The van der Waals surface area contributed by atoms with E-state index in [1.807, 2.05) is 60.8 Å². The van der Waals surface area contributed by atoms with E-state index in [0.717, 1.165) is 54.6 Å². The van der Waals surface area contributed by atoms with Crippen LogP contribution in [0, 0.1) is 0 Å². The molecule has 7 heteroatoms. The lowest BCUT2D eigenvalue weighted by Gasteiger charge is -2.38. The lowest BCUT2D eigenvalue weighted by Crippen LogP contribution is -2.51. The average Bonchev–Trinajstić information content (AvgIpc) is 3.28. The van der Waals surface area contributed by atoms with Crippen molar-refractivity contribution in [1.29, 1.82) is 0 Å². The number of carbonyl (C=O) groups is 2. The van der Waals surface area contributed by atoms with Gasteiger partial charge in [-0.3, -0.25) is 19.4 Å². The van der Waals surface area contributed by atoms with Crippen LogP contribution in [0.5, 0.6) is 0 Å². The van der Waals surface area contributed by atoms with Crippen LogP contribution in [0.25, 0.3) is 10.9 Å². The third kappa shape index (κ3) is 5.68. The van der Waals surface area contributed by atoms with Crippen molar-refractivity contribution < 1.29 is 14.3 Å². The number of hydrogen-bond acceptors (Lipinski definition) is 5. The van der Waals surface area contributed by atoms with E-state index < -0.39 is 0 Å². The van der Waals surface area contributed by atoms with E-state index in [4.69, 9.17) is 4.74 Å². The summed E-state index contributed by atoms with van der Waals surface area (Å²) in [5, 5.41) is 3.90. The van der Waals surface area contributed by atoms with Gasteiger partial charge in [-0.05, 0) is 18.1 Å². The Morgan fingerprint density at radius 2 is 1.76 bits per heavy atom. The molecular formula is C26H32N4O3. The minimum Gasteiger partial charge on any atom is -0.385 e. The Morgan fingerprint density at radius 3 is 2.52 bits per heavy atom. The second-order valence-electron chi connectivity index (χ2n) is 8.43. The van der Waals surface area contributed by atoms with E-state index in [2.05, 4.69) is 20.1 Å². The maximum absolute atomic E-state index is 13.8. The number of piperazine rings is 1. The van der Waals surface area contributed by atoms with Gasteiger partial charge < -0.3 is 15.0 Å². The third-order valence-electron chi connectivity index (χ3n) is 6.21. The number of aromatic nitrogens is 1. The molecule has 2 aromatic carbocycles. The lowest BCUT2D eigenvalue weighted by atomic mass is 9.95. The van der Waals surface area contributed by atoms with Gasteiger partial charge in [0.2, 0.25) is 5.91 Å². The topological polar surface area (TPSA) is 77.7 Å². The predicted octanol–water partition coefficient (Wildman–Crippen LogP) is 2.86. The fourth-order valence-electron chi connectivity index (χ4n) is 4.47. The summed E-state index contributed by atoms with van der Waals surface area (Å²) in [4.78, 5) is 33.7. The van der Waals surface area contributed by atoms with Gasteiger partial charge in [-0.2, -0.15) is 0 Å². The number of benzene rings is 2. The number of fused-ring (bicyclic) bond motifs is 1. The highest BCUT2D eigenvalue weighted by Crippen LogP contribution is 2.29. The molecule has 1 saturated heterocycles. The van der Waals surface area contributed by atoms with Gasteiger partial charge in [-0.15, -0.1) is 0 Å². The quantitative estimate of drug-likeness (QED) is 0.368. The van der Waals surface area contributed by atoms with Crippen molar-refractivity contribution in [1.82, 2.24) is 20.1 Å². The van der Waals surface area contributed by atoms with Crippen LogP contribution in [0.2, 0.25) is 0 Å². The van der Waals surface area contributed by atoms with Gasteiger partial charge in [-0.25, -0.2) is 0 Å². The first-order valence-electron chi connectivity index (χ1n) is 11.5. The van der Waals surface area contributed by atoms with Gasteiger partial charge in [0.25, 0.3) is 0 Å². The molecule has 0 aliphatic carbocycles. The largest absolute Gasteiger partial charge is 0.385 e. The number of H-pyrrole nitrogens is 1. The zero-order valence-electron chi connectivity index (χ0n) is 19.1. The first kappa shape index (κ1) is 23.2. The van der Waals surface area contributed by atoms with Gasteiger partial charge in [-0.1, -0.05) is 48.5 Å². The normalized spacial score (nSPS) is 16.0. The number of aromatic amines is 1. The van der Waals surface area contributed by atoms with Crippen LogP contribution in [-0.2, 0) is 9.53 Å². The summed E-state index contributed by atoms with van der Waals surface area (Å²) in [7, 11) is 1.66. The monoisotopic (exact) mass is 448 g/mol. The van der Waals surface area contributed by atoms with Gasteiger partial charge in [0.05, 0.1) is 12.6 Å². The molecule has 0 spiro atoms. The molecule has 0 radical (unpaired) electrons. The van der Waals surface area contributed by atoms with E-state index in [-0.39, 0.29) is 17.7 Å². The van der Waals surface area contributed by atoms with Crippen molar-refractivity contribution in [3.05, 3.63) is 71.9 Å². The second-order valence-corrected chi connectivity index (χ2v) is 8.43. The number of ketones is 1. The Bertz CT molecular complexity index is 1060. The summed E-state index contributed by atoms with van der Waals surface area (Å²) < 4.78 is 5.02. The number of hydrogen-bond donors (Lipinski definition) is 2. The summed E-state index contributed by atoms with van der Waals surface area (Å²) in [6.07, 6.45) is 2.64. The van der Waals surface area contributed by atoms with E-state index >= 15 is 0 Å². The Morgan fingerprint density at radius 1 is 1.03 bits per heavy atom. The number of amides is 1. The number of Topliss-reactive ketones (excluding diaryl/α,β-unsaturated/α-hetero) is 1. The third-order valence-corrected chi connectivity index (χ3v) is 6.21. The van der Waals surface area contributed by atoms with E-state index in [9.17, 15) is 9.59 Å². The molecule has 4 rings (SSSR count). The summed E-state index contributed by atoms with van der Waals surface area (Å²) in [6, 6.07) is 17.5. The highest BCUT2D eigenvalue weighted by molar-refractivity contribution is 6.10. The van der Waals surface area contributed by atoms with Crippen LogP contribution in [-0.4, -0.2) is 79.5 Å². The first-order chi connectivity index (χ1) is 16.2. The number of rotatable bonds is 10. The van der Waals surface area contributed by atoms with Crippen molar-refractivity contribution in [3.8, 4) is 0 Å². The van der Waals surface area contributed by atoms with Crippen molar-refractivity contribution >= 4 is 22.6 Å². The van der Waals surface area contributed by atoms with Crippen LogP contribution in [0.4, 0.5) is 0 Å². The Kier molecular flexibility index (Phi) is 7.88. The molecule has 1 atom stereocenters. The molecule has 1 aromatic heterocycles. The Labute approximate surface area is 194 Å². The fraction of sp³-hybridized carbons (Fsp3) is 0.385. The number of methoxy groups -OCH3 is 1. The second kappa shape index (κ2) is 11.2. The van der Waals surface area contributed by atoms with Crippen molar-refractivity contribution in [2.75, 3.05) is 53.0 Å². The zero-order valence-corrected chi connectivity index (χ0v) is 19.1. The molecule has 2 heterocycles. The molecule has 174 valence electrons. The van der Waals surface area contributed by atoms with Crippen LogP contribution < -0.4 is 5.32 Å². The van der Waals surface area contributed by atoms with Crippen LogP contribution in [0.3, 0.4) is 0 Å². The summed E-state index contributed by atoms with van der Waals surface area (Å²) >= 11 is 0. The van der Waals surface area contributed by atoms with Gasteiger partial charge in [0.15, 0.2) is 5.78 Å². The van der Waals surface area contributed by atoms with Crippen LogP contribution in [0.15, 0.2) is 60.8 Å². The number of ether oxygens (including phenoxy) is 1. The molecular weight excluding hydrogens is 416 g/mol. The number of para-hydroxylation sites is 1. The van der Waals surface area contributed by atoms with Crippen molar-refractivity contribution in [2.24, 2.45) is 0 Å². The molecule has 2 N–H and O–H groups in total. The predicted molar refractivity (Wildman–Crippen MR) is 129 cm³/mol. The molecule has 33 heavy (non-hydrogen) atoms. The van der Waals surface area contributed by atoms with Gasteiger partial charge >= 0.3 is 0 Å². The molecule has 1 aliphatic heterocycles. The van der Waals surface area contributed by atoms with Crippen LogP contribution >= 0.6 is 0 Å². The lowest BCUT2D eigenvalue weighted by molar-refractivity contribution is -0.122. The summed E-state index contributed by atoms with van der Waals surface area (Å²) in [5.74, 6) is 0.136. The maximum atomic E-state index is 13.8. The maximum Gasteiger partial charge on any atom is 0.234 e. The molecule has 7 nitrogen and oxygen atoms in total. The number of carbonyl (C=O) groups excluding carboxylic acids is 2. The summed E-state index contributed by atoms with van der Waals surface area (Å²) in [5.41, 5.74) is 2.68. The molecule has 3 aromatic rings. The average molecular weight is 449 g/mol. The highest BCUT2D eigenvalue weighted by Gasteiger charge is 2.32. The molecule has 1 amide bonds.